The zero-order valence-electron chi connectivity index (χ0n) is 23.3. The van der Waals surface area contributed by atoms with Crippen molar-refractivity contribution in [3.05, 3.63) is 106 Å². The zero-order valence-corrected chi connectivity index (χ0v) is 23.3. The Labute approximate surface area is 235 Å². The van der Waals surface area contributed by atoms with Crippen LogP contribution >= 0.6 is 0 Å². The summed E-state index contributed by atoms with van der Waals surface area (Å²) >= 11 is 0. The summed E-state index contributed by atoms with van der Waals surface area (Å²) in [6.07, 6.45) is 6.74. The van der Waals surface area contributed by atoms with Gasteiger partial charge >= 0.3 is 5.56 Å². The molecule has 4 aromatic rings. The zero-order chi connectivity index (χ0) is 27.5. The molecule has 0 N–H and O–H groups in total. The minimum Gasteiger partial charge on any atom is -0.486 e. The molecule has 0 spiro atoms. The van der Waals surface area contributed by atoms with Crippen molar-refractivity contribution >= 4 is 16.7 Å². The van der Waals surface area contributed by atoms with E-state index in [1.807, 2.05) is 39.8 Å². The molecule has 6 heteroatoms. The van der Waals surface area contributed by atoms with Crippen LogP contribution in [0.15, 0.2) is 77.6 Å². The van der Waals surface area contributed by atoms with Gasteiger partial charge in [-0.2, -0.15) is 4.98 Å². The Hall–Kier alpha value is -3.93. The largest absolute Gasteiger partial charge is 0.486 e. The van der Waals surface area contributed by atoms with Gasteiger partial charge in [-0.25, -0.2) is 0 Å². The molecule has 206 valence electrons. The fraction of sp³-hybridized carbons (Fsp3) is 0.382. The van der Waals surface area contributed by atoms with Crippen molar-refractivity contribution < 1.29 is 9.53 Å². The molecule has 2 heterocycles. The van der Waals surface area contributed by atoms with Gasteiger partial charge in [0.1, 0.15) is 5.82 Å². The Morgan fingerprint density at radius 1 is 0.900 bits per heavy atom. The van der Waals surface area contributed by atoms with Gasteiger partial charge in [-0.3, -0.25) is 9.59 Å². The van der Waals surface area contributed by atoms with E-state index >= 15 is 0 Å². The average molecular weight is 536 g/mol. The Kier molecular flexibility index (Phi) is 7.42. The minimum atomic E-state index is -0.432. The average Bonchev–Trinajstić information content (AvgIpc) is 3.45. The molecule has 1 fully saturated rings. The van der Waals surface area contributed by atoms with Gasteiger partial charge in [-0.15, -0.1) is 0 Å². The van der Waals surface area contributed by atoms with E-state index in [9.17, 15) is 9.59 Å². The number of carbonyl (C=O) groups is 1. The number of unbranched alkanes of at least 4 members (excludes halogenated alkanes) is 1. The third-order valence-electron chi connectivity index (χ3n) is 8.68. The lowest BCUT2D eigenvalue weighted by Gasteiger charge is -2.35. The number of hydrogen-bond acceptors (Lipinski definition) is 4. The molecule has 1 aliphatic heterocycles. The first kappa shape index (κ1) is 26.3. The lowest BCUT2D eigenvalue weighted by molar-refractivity contribution is 0.0676. The first-order valence-electron chi connectivity index (χ1n) is 14.7. The molecule has 0 radical (unpaired) electrons. The van der Waals surface area contributed by atoms with Crippen LogP contribution in [0.2, 0.25) is 0 Å². The first-order valence-corrected chi connectivity index (χ1v) is 14.7. The van der Waals surface area contributed by atoms with Crippen LogP contribution in [0.5, 0.6) is 5.75 Å². The van der Waals surface area contributed by atoms with Crippen molar-refractivity contribution in [1.29, 1.82) is 0 Å². The number of ether oxygens (including phenoxy) is 1. The third-order valence-corrected chi connectivity index (χ3v) is 8.68. The molecule has 40 heavy (non-hydrogen) atoms. The number of nitrogens with zero attached hydrogens (tertiary/aromatic N) is 3. The van der Waals surface area contributed by atoms with Crippen LogP contribution in [-0.2, 0) is 24.9 Å². The predicted molar refractivity (Wildman–Crippen MR) is 158 cm³/mol. The summed E-state index contributed by atoms with van der Waals surface area (Å²) < 4.78 is 7.99. The number of carbonyl (C=O) groups excluding carboxylic acids is 1. The molecule has 6 rings (SSSR count). The number of fused-ring (bicyclic) bond motifs is 2. The highest BCUT2D eigenvalue weighted by atomic mass is 16.5. The highest BCUT2D eigenvalue weighted by Crippen LogP contribution is 2.46. The third kappa shape index (κ3) is 4.91. The summed E-state index contributed by atoms with van der Waals surface area (Å²) in [5.74, 6) is 0.643. The molecule has 1 aliphatic carbocycles. The summed E-state index contributed by atoms with van der Waals surface area (Å²) in [7, 11) is 0. The van der Waals surface area contributed by atoms with E-state index in [4.69, 9.17) is 4.74 Å². The Balaban J connectivity index is 1.43. The van der Waals surface area contributed by atoms with E-state index in [0.29, 0.717) is 44.2 Å². The molecule has 1 aromatic heterocycles. The molecule has 0 unspecified atom stereocenters. The molecule has 6 nitrogen and oxygen atoms in total. The summed E-state index contributed by atoms with van der Waals surface area (Å²) in [6, 6.07) is 25.1. The molecule has 0 saturated heterocycles. The Morgan fingerprint density at radius 3 is 2.45 bits per heavy atom. The fourth-order valence-electron chi connectivity index (χ4n) is 6.63. The molecule has 1 saturated carbocycles. The summed E-state index contributed by atoms with van der Waals surface area (Å²) in [4.78, 5) is 34.0. The van der Waals surface area contributed by atoms with Crippen LogP contribution in [0.3, 0.4) is 0 Å². The van der Waals surface area contributed by atoms with E-state index in [2.05, 4.69) is 54.4 Å². The van der Waals surface area contributed by atoms with Crippen LogP contribution in [0.4, 0.5) is 0 Å². The molecular formula is C34H37N3O3. The monoisotopic (exact) mass is 535 g/mol. The second kappa shape index (κ2) is 11.3. The van der Waals surface area contributed by atoms with E-state index in [0.717, 1.165) is 44.1 Å². The Morgan fingerprint density at radius 2 is 1.65 bits per heavy atom. The maximum Gasteiger partial charge on any atom is 0.316 e. The minimum absolute atomic E-state index is 0.102. The molecule has 1 amide bonds. The van der Waals surface area contributed by atoms with Gasteiger partial charge in [0.15, 0.2) is 5.69 Å². The second-order valence-corrected chi connectivity index (χ2v) is 11.3. The van der Waals surface area contributed by atoms with Crippen LogP contribution < -0.4 is 10.3 Å². The van der Waals surface area contributed by atoms with Crippen LogP contribution in [-0.4, -0.2) is 33.5 Å². The molecule has 0 bridgehead atoms. The normalized spacial score (nSPS) is 16.3. The van der Waals surface area contributed by atoms with Crippen LogP contribution in [0.1, 0.15) is 72.9 Å². The number of hydrogen-bond donors (Lipinski definition) is 0. The smallest absolute Gasteiger partial charge is 0.316 e. The number of aromatic nitrogens is 2. The number of rotatable bonds is 9. The fourth-order valence-corrected chi connectivity index (χ4v) is 6.63. The maximum atomic E-state index is 14.0. The Bertz CT molecular complexity index is 1570. The quantitative estimate of drug-likeness (QED) is 0.237. The molecule has 2 aliphatic rings. The first-order chi connectivity index (χ1) is 19.6. The number of amides is 1. The van der Waals surface area contributed by atoms with Gasteiger partial charge in [0.25, 0.3) is 5.91 Å². The summed E-state index contributed by atoms with van der Waals surface area (Å²) in [6.45, 7) is 4.12. The van der Waals surface area contributed by atoms with Gasteiger partial charge in [0.05, 0.1) is 6.61 Å². The SMILES string of the molecule is CCCCOc1c2n(c(CC3(c4cccc5ccccc45)CCCC3)nc1=O)CCN(Cc1ccccc1)C2=O. The van der Waals surface area contributed by atoms with E-state index in [1.54, 1.807) is 0 Å². The topological polar surface area (TPSA) is 64.4 Å². The van der Waals surface area contributed by atoms with E-state index in [1.165, 1.54) is 16.3 Å². The van der Waals surface area contributed by atoms with Crippen molar-refractivity contribution in [3.8, 4) is 5.75 Å². The van der Waals surface area contributed by atoms with Crippen molar-refractivity contribution in [2.75, 3.05) is 13.2 Å². The van der Waals surface area contributed by atoms with Gasteiger partial charge < -0.3 is 14.2 Å². The summed E-state index contributed by atoms with van der Waals surface area (Å²) in [5.41, 5.74) is 2.19. The van der Waals surface area contributed by atoms with Crippen molar-refractivity contribution in [1.82, 2.24) is 14.5 Å². The van der Waals surface area contributed by atoms with Gasteiger partial charge in [0.2, 0.25) is 5.75 Å². The molecule has 0 atom stereocenters. The second-order valence-electron chi connectivity index (χ2n) is 11.3. The van der Waals surface area contributed by atoms with Gasteiger partial charge in [0, 0.05) is 31.5 Å². The molecular weight excluding hydrogens is 498 g/mol. The van der Waals surface area contributed by atoms with Gasteiger partial charge in [-0.05, 0) is 41.2 Å². The standard InChI is InChI=1S/C34H37N3O3/c1-2-3-22-40-31-30-33(39)36(24-25-12-5-4-6-13-25)20-21-37(30)29(35-32(31)38)23-34(18-9-10-19-34)28-17-11-15-26-14-7-8-16-27(26)28/h4-8,11-17H,2-3,9-10,18-24H2,1H3. The van der Waals surface area contributed by atoms with Gasteiger partial charge in [-0.1, -0.05) is 99.0 Å². The van der Waals surface area contributed by atoms with Crippen molar-refractivity contribution in [2.24, 2.45) is 0 Å². The van der Waals surface area contributed by atoms with Crippen LogP contribution in [0.25, 0.3) is 10.8 Å². The predicted octanol–water partition coefficient (Wildman–Crippen LogP) is 6.29. The molecule has 3 aromatic carbocycles. The number of benzene rings is 3. The lowest BCUT2D eigenvalue weighted by atomic mass is 9.74. The lowest BCUT2D eigenvalue weighted by Crippen LogP contribution is -2.44. The van der Waals surface area contributed by atoms with E-state index < -0.39 is 5.56 Å². The van der Waals surface area contributed by atoms with E-state index in [-0.39, 0.29) is 17.1 Å². The maximum absolute atomic E-state index is 14.0. The van der Waals surface area contributed by atoms with Crippen molar-refractivity contribution in [3.63, 3.8) is 0 Å². The van der Waals surface area contributed by atoms with Crippen LogP contribution in [0, 0.1) is 0 Å². The highest BCUT2D eigenvalue weighted by molar-refractivity contribution is 5.96. The summed E-state index contributed by atoms with van der Waals surface area (Å²) in [5, 5.41) is 2.49. The highest BCUT2D eigenvalue weighted by Gasteiger charge is 2.40. The van der Waals surface area contributed by atoms with Crippen molar-refractivity contribution in [2.45, 2.75) is 70.4 Å².